The Morgan fingerprint density at radius 1 is 1.29 bits per heavy atom. The van der Waals surface area contributed by atoms with E-state index in [4.69, 9.17) is 21.1 Å². The molecule has 0 N–H and O–H groups in total. The SMILES string of the molecule is CCOC(=O)CN1CCC(c2cccc(OCc3ccc(Cl)cc3F)n2)CC1. The van der Waals surface area contributed by atoms with Crippen LogP contribution in [-0.4, -0.2) is 42.1 Å². The van der Waals surface area contributed by atoms with Crippen LogP contribution in [-0.2, 0) is 16.1 Å². The molecule has 1 aliphatic heterocycles. The molecule has 0 bridgehead atoms. The second-order valence-electron chi connectivity index (χ2n) is 6.78. The molecular formula is C21H24ClFN2O3. The molecule has 0 saturated carbocycles. The largest absolute Gasteiger partial charge is 0.473 e. The van der Waals surface area contributed by atoms with Crippen LogP contribution in [0.2, 0.25) is 5.02 Å². The molecular weight excluding hydrogens is 383 g/mol. The summed E-state index contributed by atoms with van der Waals surface area (Å²) < 4.78 is 24.6. The highest BCUT2D eigenvalue weighted by molar-refractivity contribution is 6.30. The van der Waals surface area contributed by atoms with Crippen LogP contribution in [0.5, 0.6) is 5.88 Å². The zero-order chi connectivity index (χ0) is 19.9. The Bertz CT molecular complexity index is 810. The van der Waals surface area contributed by atoms with Crippen LogP contribution in [0.25, 0.3) is 0 Å². The predicted molar refractivity (Wildman–Crippen MR) is 105 cm³/mol. The summed E-state index contributed by atoms with van der Waals surface area (Å²) >= 11 is 5.77. The third kappa shape index (κ3) is 5.66. The summed E-state index contributed by atoms with van der Waals surface area (Å²) in [6, 6.07) is 10.2. The van der Waals surface area contributed by atoms with E-state index in [2.05, 4.69) is 9.88 Å². The number of hydrogen-bond donors (Lipinski definition) is 0. The highest BCUT2D eigenvalue weighted by atomic mass is 35.5. The molecule has 1 saturated heterocycles. The number of carbonyl (C=O) groups excluding carboxylic acids is 1. The van der Waals surface area contributed by atoms with Crippen LogP contribution in [0.4, 0.5) is 4.39 Å². The number of likely N-dealkylation sites (tertiary alicyclic amines) is 1. The van der Waals surface area contributed by atoms with Crippen molar-refractivity contribution in [2.75, 3.05) is 26.2 Å². The van der Waals surface area contributed by atoms with Gasteiger partial charge >= 0.3 is 5.97 Å². The Morgan fingerprint density at radius 3 is 2.79 bits per heavy atom. The molecule has 0 radical (unpaired) electrons. The van der Waals surface area contributed by atoms with E-state index in [0.717, 1.165) is 31.6 Å². The van der Waals surface area contributed by atoms with Crippen molar-refractivity contribution >= 4 is 17.6 Å². The predicted octanol–water partition coefficient (Wildman–Crippen LogP) is 4.20. The maximum Gasteiger partial charge on any atom is 0.320 e. The molecule has 0 unspecified atom stereocenters. The van der Waals surface area contributed by atoms with Gasteiger partial charge in [-0.05, 0) is 51.1 Å². The molecule has 2 heterocycles. The summed E-state index contributed by atoms with van der Waals surface area (Å²) in [4.78, 5) is 18.3. The molecule has 0 aliphatic carbocycles. The standard InChI is InChI=1S/C21H24ClFN2O3/c1-2-27-21(26)13-25-10-8-15(9-11-25)19-4-3-5-20(24-19)28-14-16-6-7-17(22)12-18(16)23/h3-7,12,15H,2,8-11,13-14H2,1H3. The normalized spacial score (nSPS) is 15.4. The molecule has 28 heavy (non-hydrogen) atoms. The van der Waals surface area contributed by atoms with E-state index in [0.29, 0.717) is 35.5 Å². The molecule has 5 nitrogen and oxygen atoms in total. The summed E-state index contributed by atoms with van der Waals surface area (Å²) in [7, 11) is 0. The fourth-order valence-electron chi connectivity index (χ4n) is 3.31. The number of rotatable bonds is 7. The molecule has 0 amide bonds. The number of pyridine rings is 1. The quantitative estimate of drug-likeness (QED) is 0.645. The molecule has 0 spiro atoms. The molecule has 1 aromatic heterocycles. The summed E-state index contributed by atoms with van der Waals surface area (Å²) in [5, 5.41) is 0.357. The minimum absolute atomic E-state index is 0.0947. The lowest BCUT2D eigenvalue weighted by molar-refractivity contribution is -0.144. The zero-order valence-electron chi connectivity index (χ0n) is 15.9. The molecule has 1 aromatic carbocycles. The molecule has 7 heteroatoms. The lowest BCUT2D eigenvalue weighted by Crippen LogP contribution is -2.37. The van der Waals surface area contributed by atoms with Gasteiger partial charge in [-0.3, -0.25) is 9.69 Å². The second kappa shape index (κ2) is 9.85. The number of ether oxygens (including phenoxy) is 2. The van der Waals surface area contributed by atoms with Crippen LogP contribution in [0.1, 0.15) is 36.9 Å². The van der Waals surface area contributed by atoms with Crippen LogP contribution >= 0.6 is 11.6 Å². The number of halogens is 2. The molecule has 3 rings (SSSR count). The van der Waals surface area contributed by atoms with Crippen LogP contribution in [0, 0.1) is 5.82 Å². The molecule has 1 fully saturated rings. The minimum Gasteiger partial charge on any atom is -0.473 e. The Labute approximate surface area is 169 Å². The van der Waals surface area contributed by atoms with Crippen molar-refractivity contribution in [3.8, 4) is 5.88 Å². The van der Waals surface area contributed by atoms with Crippen LogP contribution < -0.4 is 4.74 Å². The first kappa shape index (κ1) is 20.6. The van der Waals surface area contributed by atoms with Gasteiger partial charge in [0, 0.05) is 28.3 Å². The van der Waals surface area contributed by atoms with E-state index in [-0.39, 0.29) is 12.6 Å². The van der Waals surface area contributed by atoms with Gasteiger partial charge in [-0.2, -0.15) is 0 Å². The number of aromatic nitrogens is 1. The van der Waals surface area contributed by atoms with Crippen LogP contribution in [0.3, 0.4) is 0 Å². The average Bonchev–Trinajstić information content (AvgIpc) is 2.68. The first-order chi connectivity index (χ1) is 13.5. The number of esters is 1. The summed E-state index contributed by atoms with van der Waals surface area (Å²) in [5.74, 6) is 0.219. The first-order valence-electron chi connectivity index (χ1n) is 9.47. The van der Waals surface area contributed by atoms with Crippen molar-refractivity contribution in [1.29, 1.82) is 0 Å². The lowest BCUT2D eigenvalue weighted by atomic mass is 9.93. The van der Waals surface area contributed by atoms with Crippen molar-refractivity contribution in [2.45, 2.75) is 32.3 Å². The van der Waals surface area contributed by atoms with Crippen LogP contribution in [0.15, 0.2) is 36.4 Å². The Hall–Kier alpha value is -2.18. The van der Waals surface area contributed by atoms with E-state index in [1.165, 1.54) is 6.07 Å². The molecule has 0 atom stereocenters. The van der Waals surface area contributed by atoms with E-state index >= 15 is 0 Å². The number of piperidine rings is 1. The van der Waals surface area contributed by atoms with Crippen molar-refractivity contribution in [2.24, 2.45) is 0 Å². The highest BCUT2D eigenvalue weighted by Crippen LogP contribution is 2.28. The fourth-order valence-corrected chi connectivity index (χ4v) is 3.46. The Balaban J connectivity index is 1.54. The van der Waals surface area contributed by atoms with Crippen molar-refractivity contribution < 1.29 is 18.7 Å². The minimum atomic E-state index is -0.391. The Morgan fingerprint density at radius 2 is 2.07 bits per heavy atom. The van der Waals surface area contributed by atoms with Crippen molar-refractivity contribution in [1.82, 2.24) is 9.88 Å². The maximum absolute atomic E-state index is 13.9. The van der Waals surface area contributed by atoms with E-state index in [1.807, 2.05) is 19.1 Å². The van der Waals surface area contributed by atoms with Gasteiger partial charge in [0.25, 0.3) is 0 Å². The van der Waals surface area contributed by atoms with E-state index < -0.39 is 5.82 Å². The molecule has 150 valence electrons. The van der Waals surface area contributed by atoms with Gasteiger partial charge in [-0.1, -0.05) is 23.7 Å². The molecule has 2 aromatic rings. The van der Waals surface area contributed by atoms with E-state index in [1.54, 1.807) is 18.2 Å². The number of benzene rings is 1. The first-order valence-corrected chi connectivity index (χ1v) is 9.84. The Kier molecular flexibility index (Phi) is 7.23. The summed E-state index contributed by atoms with van der Waals surface area (Å²) in [6.07, 6.45) is 1.84. The van der Waals surface area contributed by atoms with Gasteiger partial charge in [0.1, 0.15) is 12.4 Å². The smallest absolute Gasteiger partial charge is 0.320 e. The lowest BCUT2D eigenvalue weighted by Gasteiger charge is -2.30. The van der Waals surface area contributed by atoms with Crippen molar-refractivity contribution in [3.63, 3.8) is 0 Å². The third-order valence-corrected chi connectivity index (χ3v) is 5.03. The van der Waals surface area contributed by atoms with E-state index in [9.17, 15) is 9.18 Å². The average molecular weight is 407 g/mol. The maximum atomic E-state index is 13.9. The van der Waals surface area contributed by atoms with Gasteiger partial charge in [-0.15, -0.1) is 0 Å². The number of nitrogens with zero attached hydrogens (tertiary/aromatic N) is 2. The van der Waals surface area contributed by atoms with Gasteiger partial charge < -0.3 is 9.47 Å². The van der Waals surface area contributed by atoms with Gasteiger partial charge in [0.15, 0.2) is 0 Å². The fraction of sp³-hybridized carbons (Fsp3) is 0.429. The van der Waals surface area contributed by atoms with Gasteiger partial charge in [-0.25, -0.2) is 9.37 Å². The monoisotopic (exact) mass is 406 g/mol. The van der Waals surface area contributed by atoms with Gasteiger partial charge in [0.05, 0.1) is 13.2 Å². The van der Waals surface area contributed by atoms with Gasteiger partial charge in [0.2, 0.25) is 5.88 Å². The highest BCUT2D eigenvalue weighted by Gasteiger charge is 2.23. The second-order valence-corrected chi connectivity index (χ2v) is 7.22. The molecule has 1 aliphatic rings. The number of carbonyl (C=O) groups is 1. The summed E-state index contributed by atoms with van der Waals surface area (Å²) in [6.45, 7) is 4.30. The topological polar surface area (TPSA) is 51.7 Å². The number of hydrogen-bond acceptors (Lipinski definition) is 5. The zero-order valence-corrected chi connectivity index (χ0v) is 16.6. The van der Waals surface area contributed by atoms with Crippen molar-refractivity contribution in [3.05, 3.63) is 58.5 Å². The third-order valence-electron chi connectivity index (χ3n) is 4.80. The summed E-state index contributed by atoms with van der Waals surface area (Å²) in [5.41, 5.74) is 1.40.